The maximum atomic E-state index is 11.6. The standard InChI is InChI=1S/C16H17NO3S/c18-10-12-3-1-11(2-4-12)9-17-7-5-14-13(6-8-21-14)15(17)16(19)20/h1-4,6,8,15,18H,5,7,9-10H2,(H,19,20). The second-order valence-corrected chi connectivity index (χ2v) is 6.24. The first kappa shape index (κ1) is 14.3. The lowest BCUT2D eigenvalue weighted by molar-refractivity contribution is -0.144. The number of carbonyl (C=O) groups is 1. The minimum absolute atomic E-state index is 0.0278. The highest BCUT2D eigenvalue weighted by Gasteiger charge is 2.33. The Hall–Kier alpha value is -1.69. The molecule has 1 aromatic carbocycles. The van der Waals surface area contributed by atoms with Gasteiger partial charge in [0, 0.05) is 18.0 Å². The van der Waals surface area contributed by atoms with Crippen LogP contribution >= 0.6 is 11.3 Å². The highest BCUT2D eigenvalue weighted by atomic mass is 32.1. The van der Waals surface area contributed by atoms with Crippen LogP contribution < -0.4 is 0 Å². The third-order valence-corrected chi connectivity index (χ3v) is 4.89. The van der Waals surface area contributed by atoms with Crippen molar-refractivity contribution in [3.05, 3.63) is 57.3 Å². The van der Waals surface area contributed by atoms with Crippen molar-refractivity contribution >= 4 is 17.3 Å². The molecule has 0 bridgehead atoms. The number of hydrogen-bond donors (Lipinski definition) is 2. The van der Waals surface area contributed by atoms with E-state index in [0.29, 0.717) is 6.54 Å². The van der Waals surface area contributed by atoms with Gasteiger partial charge in [-0.1, -0.05) is 24.3 Å². The summed E-state index contributed by atoms with van der Waals surface area (Å²) in [6.07, 6.45) is 0.908. The van der Waals surface area contributed by atoms with E-state index in [2.05, 4.69) is 0 Å². The molecule has 5 heteroatoms. The van der Waals surface area contributed by atoms with E-state index in [9.17, 15) is 9.90 Å². The van der Waals surface area contributed by atoms with Gasteiger partial charge in [0.15, 0.2) is 0 Å². The molecule has 1 aliphatic heterocycles. The third-order valence-electron chi connectivity index (χ3n) is 3.89. The Morgan fingerprint density at radius 3 is 2.62 bits per heavy atom. The number of hydrogen-bond acceptors (Lipinski definition) is 4. The quantitative estimate of drug-likeness (QED) is 0.910. The molecule has 2 aromatic rings. The largest absolute Gasteiger partial charge is 0.480 e. The maximum absolute atomic E-state index is 11.6. The molecule has 2 N–H and O–H groups in total. The zero-order valence-electron chi connectivity index (χ0n) is 11.5. The molecule has 1 atom stereocenters. The van der Waals surface area contributed by atoms with Crippen molar-refractivity contribution in [3.63, 3.8) is 0 Å². The van der Waals surface area contributed by atoms with Gasteiger partial charge in [0.2, 0.25) is 0 Å². The summed E-state index contributed by atoms with van der Waals surface area (Å²) < 4.78 is 0. The van der Waals surface area contributed by atoms with Crippen molar-refractivity contribution in [2.45, 2.75) is 25.6 Å². The number of aliphatic carboxylic acids is 1. The van der Waals surface area contributed by atoms with Gasteiger partial charge in [0.25, 0.3) is 0 Å². The molecular weight excluding hydrogens is 286 g/mol. The van der Waals surface area contributed by atoms with Crippen LogP contribution in [0.25, 0.3) is 0 Å². The van der Waals surface area contributed by atoms with Crippen LogP contribution in [0.15, 0.2) is 35.7 Å². The monoisotopic (exact) mass is 303 g/mol. The van der Waals surface area contributed by atoms with E-state index in [1.54, 1.807) is 11.3 Å². The number of benzene rings is 1. The Kier molecular flexibility index (Phi) is 4.05. The molecule has 0 aliphatic carbocycles. The fourth-order valence-electron chi connectivity index (χ4n) is 2.81. The van der Waals surface area contributed by atoms with Crippen LogP contribution in [0.2, 0.25) is 0 Å². The number of carboxylic acid groups (broad SMARTS) is 1. The summed E-state index contributed by atoms with van der Waals surface area (Å²) in [4.78, 5) is 14.8. The van der Waals surface area contributed by atoms with E-state index < -0.39 is 12.0 Å². The Bertz CT molecular complexity index is 635. The van der Waals surface area contributed by atoms with Crippen molar-refractivity contribution in [2.24, 2.45) is 0 Å². The van der Waals surface area contributed by atoms with Crippen molar-refractivity contribution in [3.8, 4) is 0 Å². The highest BCUT2D eigenvalue weighted by molar-refractivity contribution is 7.10. The number of rotatable bonds is 4. The van der Waals surface area contributed by atoms with Gasteiger partial charge in [-0.05, 0) is 34.6 Å². The molecular formula is C16H17NO3S. The summed E-state index contributed by atoms with van der Waals surface area (Å²) in [6, 6.07) is 9.04. The number of nitrogens with zero attached hydrogens (tertiary/aromatic N) is 1. The minimum atomic E-state index is -0.790. The fraction of sp³-hybridized carbons (Fsp3) is 0.312. The molecule has 0 amide bonds. The zero-order chi connectivity index (χ0) is 14.8. The maximum Gasteiger partial charge on any atom is 0.325 e. The van der Waals surface area contributed by atoms with Crippen LogP contribution in [0.4, 0.5) is 0 Å². The van der Waals surface area contributed by atoms with Crippen LogP contribution in [0.3, 0.4) is 0 Å². The zero-order valence-corrected chi connectivity index (χ0v) is 12.3. The molecule has 0 saturated heterocycles. The van der Waals surface area contributed by atoms with E-state index in [1.807, 2.05) is 40.6 Å². The van der Waals surface area contributed by atoms with E-state index >= 15 is 0 Å². The van der Waals surface area contributed by atoms with Crippen molar-refractivity contribution < 1.29 is 15.0 Å². The normalized spacial score (nSPS) is 18.4. The average molecular weight is 303 g/mol. The van der Waals surface area contributed by atoms with E-state index in [1.165, 1.54) is 4.88 Å². The van der Waals surface area contributed by atoms with Gasteiger partial charge in [0.1, 0.15) is 6.04 Å². The average Bonchev–Trinajstić information content (AvgIpc) is 2.95. The molecule has 110 valence electrons. The molecule has 0 spiro atoms. The van der Waals surface area contributed by atoms with Gasteiger partial charge in [-0.3, -0.25) is 9.69 Å². The van der Waals surface area contributed by atoms with Crippen molar-refractivity contribution in [2.75, 3.05) is 6.54 Å². The molecule has 2 heterocycles. The predicted molar refractivity (Wildman–Crippen MR) is 81.2 cm³/mol. The first-order chi connectivity index (χ1) is 10.2. The van der Waals surface area contributed by atoms with Gasteiger partial charge < -0.3 is 10.2 Å². The summed E-state index contributed by atoms with van der Waals surface area (Å²) in [7, 11) is 0. The molecule has 1 aromatic heterocycles. The summed E-state index contributed by atoms with van der Waals surface area (Å²) in [5.74, 6) is -0.790. The number of thiophene rings is 1. The molecule has 3 rings (SSSR count). The summed E-state index contributed by atoms with van der Waals surface area (Å²) in [5.41, 5.74) is 2.87. The number of aliphatic hydroxyl groups excluding tert-OH is 1. The topological polar surface area (TPSA) is 60.8 Å². The van der Waals surface area contributed by atoms with Gasteiger partial charge in [-0.15, -0.1) is 11.3 Å². The van der Waals surface area contributed by atoms with E-state index in [0.717, 1.165) is 29.7 Å². The summed E-state index contributed by atoms with van der Waals surface area (Å²) in [5, 5.41) is 20.6. The summed E-state index contributed by atoms with van der Waals surface area (Å²) in [6.45, 7) is 1.39. The predicted octanol–water partition coefficient (Wildman–Crippen LogP) is 2.42. The third kappa shape index (κ3) is 2.85. The molecule has 0 radical (unpaired) electrons. The van der Waals surface area contributed by atoms with Gasteiger partial charge >= 0.3 is 5.97 Å². The van der Waals surface area contributed by atoms with Crippen molar-refractivity contribution in [1.29, 1.82) is 0 Å². The Morgan fingerprint density at radius 1 is 1.24 bits per heavy atom. The number of carboxylic acids is 1. The molecule has 0 saturated carbocycles. The van der Waals surface area contributed by atoms with Gasteiger partial charge in [-0.2, -0.15) is 0 Å². The molecule has 1 unspecified atom stereocenters. The van der Waals surface area contributed by atoms with Crippen LogP contribution in [0.5, 0.6) is 0 Å². The molecule has 4 nitrogen and oxygen atoms in total. The first-order valence-electron chi connectivity index (χ1n) is 6.91. The lowest BCUT2D eigenvalue weighted by Gasteiger charge is -2.33. The molecule has 0 fully saturated rings. The SMILES string of the molecule is O=C(O)C1c2ccsc2CCN1Cc1ccc(CO)cc1. The highest BCUT2D eigenvalue weighted by Crippen LogP contribution is 2.34. The van der Waals surface area contributed by atoms with E-state index in [4.69, 9.17) is 5.11 Å². The Labute approximate surface area is 127 Å². The molecule has 1 aliphatic rings. The minimum Gasteiger partial charge on any atom is -0.480 e. The van der Waals surface area contributed by atoms with Gasteiger partial charge in [0.05, 0.1) is 6.61 Å². The fourth-order valence-corrected chi connectivity index (χ4v) is 3.72. The van der Waals surface area contributed by atoms with Crippen LogP contribution in [0, 0.1) is 0 Å². The number of fused-ring (bicyclic) bond motifs is 1. The van der Waals surface area contributed by atoms with Gasteiger partial charge in [-0.25, -0.2) is 0 Å². The second kappa shape index (κ2) is 5.97. The Balaban J connectivity index is 1.82. The van der Waals surface area contributed by atoms with Crippen LogP contribution in [-0.2, 0) is 24.4 Å². The Morgan fingerprint density at radius 2 is 1.95 bits per heavy atom. The first-order valence-corrected chi connectivity index (χ1v) is 7.79. The van der Waals surface area contributed by atoms with Crippen molar-refractivity contribution in [1.82, 2.24) is 4.90 Å². The van der Waals surface area contributed by atoms with E-state index in [-0.39, 0.29) is 6.61 Å². The lowest BCUT2D eigenvalue weighted by atomic mass is 9.99. The van der Waals surface area contributed by atoms with Crippen LogP contribution in [0.1, 0.15) is 27.6 Å². The molecule has 21 heavy (non-hydrogen) atoms. The second-order valence-electron chi connectivity index (χ2n) is 5.23. The number of aliphatic hydroxyl groups is 1. The van der Waals surface area contributed by atoms with Crippen LogP contribution in [-0.4, -0.2) is 27.6 Å². The smallest absolute Gasteiger partial charge is 0.325 e. The summed E-state index contributed by atoms with van der Waals surface area (Å²) >= 11 is 1.64. The lowest BCUT2D eigenvalue weighted by Crippen LogP contribution is -2.38.